The Kier molecular flexibility index (Phi) is 3.38. The van der Waals surface area contributed by atoms with E-state index in [-0.39, 0.29) is 34.6 Å². The fourth-order valence-corrected chi connectivity index (χ4v) is 2.08. The highest BCUT2D eigenvalue weighted by molar-refractivity contribution is 6.23. The molecule has 0 bridgehead atoms. The summed E-state index contributed by atoms with van der Waals surface area (Å²) in [5, 5.41) is 0. The summed E-state index contributed by atoms with van der Waals surface area (Å²) in [6, 6.07) is 3.42. The number of rotatable bonds is 3. The van der Waals surface area contributed by atoms with E-state index in [4.69, 9.17) is 9.47 Å². The van der Waals surface area contributed by atoms with Crippen LogP contribution in [0.4, 0.5) is 0 Å². The molecular weight excluding hydrogens is 286 g/mol. The number of pyridine rings is 1. The highest BCUT2D eigenvalue weighted by Crippen LogP contribution is 2.24. The summed E-state index contributed by atoms with van der Waals surface area (Å²) in [6.07, 6.45) is 4.21. The molecule has 0 spiro atoms. The van der Waals surface area contributed by atoms with Crippen LogP contribution in [0.15, 0.2) is 36.4 Å². The smallest absolute Gasteiger partial charge is 0.316 e. The second-order valence-electron chi connectivity index (χ2n) is 4.46. The minimum atomic E-state index is -0.372. The Labute approximate surface area is 125 Å². The van der Waals surface area contributed by atoms with Gasteiger partial charge in [0.15, 0.2) is 5.76 Å². The second-order valence-corrected chi connectivity index (χ2v) is 4.46. The van der Waals surface area contributed by atoms with Gasteiger partial charge in [0, 0.05) is 24.0 Å². The highest BCUT2D eigenvalue weighted by atomic mass is 16.5. The zero-order chi connectivity index (χ0) is 15.7. The Morgan fingerprint density at radius 3 is 2.36 bits per heavy atom. The van der Waals surface area contributed by atoms with Crippen molar-refractivity contribution < 1.29 is 19.1 Å². The van der Waals surface area contributed by atoms with E-state index in [0.717, 1.165) is 6.08 Å². The number of carbonyl (C=O) groups excluding carboxylic acids is 2. The molecule has 2 heterocycles. The lowest BCUT2D eigenvalue weighted by Gasteiger charge is -2.14. The van der Waals surface area contributed by atoms with E-state index in [1.807, 2.05) is 0 Å². The molecule has 110 valence electrons. The van der Waals surface area contributed by atoms with Crippen LogP contribution in [0.1, 0.15) is 20.8 Å². The predicted molar refractivity (Wildman–Crippen MR) is 75.6 cm³/mol. The lowest BCUT2D eigenvalue weighted by molar-refractivity contribution is 0.0914. The second kappa shape index (κ2) is 5.36. The summed E-state index contributed by atoms with van der Waals surface area (Å²) < 4.78 is 9.79. The summed E-state index contributed by atoms with van der Waals surface area (Å²) in [7, 11) is 2.81. The third-order valence-electron chi connectivity index (χ3n) is 3.19. The van der Waals surface area contributed by atoms with Gasteiger partial charge < -0.3 is 9.47 Å². The molecule has 1 aliphatic carbocycles. The Morgan fingerprint density at radius 1 is 1.00 bits per heavy atom. The summed E-state index contributed by atoms with van der Waals surface area (Å²) in [6.45, 7) is 0. The Bertz CT molecular complexity index is 797. The van der Waals surface area contributed by atoms with Crippen LogP contribution in [0.5, 0.6) is 6.01 Å². The average Bonchev–Trinajstić information content (AvgIpc) is 2.57. The van der Waals surface area contributed by atoms with Gasteiger partial charge in [0.1, 0.15) is 5.69 Å². The van der Waals surface area contributed by atoms with Gasteiger partial charge in [-0.25, -0.2) is 15.0 Å². The molecule has 2 aromatic rings. The van der Waals surface area contributed by atoms with Gasteiger partial charge in [-0.2, -0.15) is 0 Å². The van der Waals surface area contributed by atoms with E-state index < -0.39 is 0 Å². The normalized spacial score (nSPS) is 13.5. The highest BCUT2D eigenvalue weighted by Gasteiger charge is 2.28. The number of nitrogens with zero attached hydrogens (tertiary/aromatic N) is 3. The lowest BCUT2D eigenvalue weighted by atomic mass is 9.97. The fraction of sp³-hybridized carbons (Fsp3) is 0.133. The SMILES string of the molecule is COC1=CC(=O)c2nc(-c3cnc(OC)nc3)ccc2C1=O. The number of allylic oxidation sites excluding steroid dienone is 2. The largest absolute Gasteiger partial charge is 0.492 e. The molecular formula is C15H11N3O4. The number of Topliss-reactive ketones (excluding diaryl/α,β-unsaturated/α-hetero) is 1. The molecule has 0 saturated carbocycles. The van der Waals surface area contributed by atoms with Gasteiger partial charge in [0.05, 0.1) is 25.5 Å². The molecule has 7 heteroatoms. The molecule has 22 heavy (non-hydrogen) atoms. The average molecular weight is 297 g/mol. The van der Waals surface area contributed by atoms with Crippen molar-refractivity contribution in [3.8, 4) is 17.3 Å². The number of ketones is 2. The predicted octanol–water partition coefficient (Wildman–Crippen LogP) is 1.46. The van der Waals surface area contributed by atoms with Gasteiger partial charge in [-0.15, -0.1) is 0 Å². The van der Waals surface area contributed by atoms with Crippen molar-refractivity contribution in [2.75, 3.05) is 14.2 Å². The molecule has 0 amide bonds. The number of methoxy groups -OCH3 is 2. The molecule has 3 rings (SSSR count). The third-order valence-corrected chi connectivity index (χ3v) is 3.19. The van der Waals surface area contributed by atoms with E-state index in [1.165, 1.54) is 26.6 Å². The van der Waals surface area contributed by atoms with Crippen LogP contribution < -0.4 is 4.74 Å². The van der Waals surface area contributed by atoms with Gasteiger partial charge in [-0.05, 0) is 12.1 Å². The Balaban J connectivity index is 2.04. The Morgan fingerprint density at radius 2 is 1.73 bits per heavy atom. The van der Waals surface area contributed by atoms with Crippen molar-refractivity contribution in [1.29, 1.82) is 0 Å². The van der Waals surface area contributed by atoms with Gasteiger partial charge in [-0.3, -0.25) is 9.59 Å². The van der Waals surface area contributed by atoms with E-state index in [2.05, 4.69) is 15.0 Å². The summed E-state index contributed by atoms with van der Waals surface area (Å²) in [5.41, 5.74) is 1.43. The number of aromatic nitrogens is 3. The van der Waals surface area contributed by atoms with E-state index in [0.29, 0.717) is 11.3 Å². The van der Waals surface area contributed by atoms with Crippen molar-refractivity contribution in [3.63, 3.8) is 0 Å². The minimum absolute atomic E-state index is 0.0137. The van der Waals surface area contributed by atoms with Crippen LogP contribution in [0, 0.1) is 0 Å². The van der Waals surface area contributed by atoms with Gasteiger partial charge >= 0.3 is 6.01 Å². The van der Waals surface area contributed by atoms with Gasteiger partial charge in [0.25, 0.3) is 0 Å². The van der Waals surface area contributed by atoms with Crippen LogP contribution >= 0.6 is 0 Å². The maximum absolute atomic E-state index is 12.1. The first-order valence-electron chi connectivity index (χ1n) is 6.36. The zero-order valence-electron chi connectivity index (χ0n) is 11.9. The molecule has 0 unspecified atom stereocenters. The summed E-state index contributed by atoms with van der Waals surface area (Å²) >= 11 is 0. The standard InChI is InChI=1S/C15H11N3O4/c1-21-12-5-11(19)13-9(14(12)20)3-4-10(18-13)8-6-16-15(22-2)17-7-8/h3-7H,1-2H3. The molecule has 1 aliphatic rings. The van der Waals surface area contributed by atoms with Gasteiger partial charge in [-0.1, -0.05) is 0 Å². The minimum Gasteiger partial charge on any atom is -0.492 e. The first kappa shape index (κ1) is 13.9. The molecule has 0 radical (unpaired) electrons. The van der Waals surface area contributed by atoms with Crippen LogP contribution in [0.3, 0.4) is 0 Å². The van der Waals surface area contributed by atoms with Crippen molar-refractivity contribution >= 4 is 11.6 Å². The fourth-order valence-electron chi connectivity index (χ4n) is 2.08. The molecule has 7 nitrogen and oxygen atoms in total. The number of fused-ring (bicyclic) bond motifs is 1. The summed E-state index contributed by atoms with van der Waals surface area (Å²) in [4.78, 5) is 36.4. The van der Waals surface area contributed by atoms with E-state index in [9.17, 15) is 9.59 Å². The molecule has 0 N–H and O–H groups in total. The maximum atomic E-state index is 12.1. The molecule has 2 aromatic heterocycles. The van der Waals surface area contributed by atoms with Crippen molar-refractivity contribution in [2.45, 2.75) is 0 Å². The zero-order valence-corrected chi connectivity index (χ0v) is 11.9. The molecule has 0 atom stereocenters. The molecule has 0 aromatic carbocycles. The maximum Gasteiger partial charge on any atom is 0.316 e. The monoisotopic (exact) mass is 297 g/mol. The summed E-state index contributed by atoms with van der Waals surface area (Å²) in [5.74, 6) is -0.718. The van der Waals surface area contributed by atoms with E-state index >= 15 is 0 Å². The van der Waals surface area contributed by atoms with Gasteiger partial charge in [0.2, 0.25) is 11.6 Å². The van der Waals surface area contributed by atoms with Crippen molar-refractivity contribution in [1.82, 2.24) is 15.0 Å². The van der Waals surface area contributed by atoms with Crippen molar-refractivity contribution in [2.24, 2.45) is 0 Å². The molecule has 0 saturated heterocycles. The quantitative estimate of drug-likeness (QED) is 0.846. The number of hydrogen-bond acceptors (Lipinski definition) is 7. The van der Waals surface area contributed by atoms with Crippen LogP contribution in [0.25, 0.3) is 11.3 Å². The van der Waals surface area contributed by atoms with Crippen LogP contribution in [0.2, 0.25) is 0 Å². The van der Waals surface area contributed by atoms with Crippen LogP contribution in [-0.2, 0) is 4.74 Å². The third kappa shape index (κ3) is 2.22. The number of carbonyl (C=O) groups is 2. The Hall–Kier alpha value is -3.09. The lowest BCUT2D eigenvalue weighted by Crippen LogP contribution is -2.19. The number of ether oxygens (including phenoxy) is 2. The first-order chi connectivity index (χ1) is 10.6. The van der Waals surface area contributed by atoms with Crippen molar-refractivity contribution in [3.05, 3.63) is 47.6 Å². The van der Waals surface area contributed by atoms with Crippen LogP contribution in [-0.4, -0.2) is 40.7 Å². The number of hydrogen-bond donors (Lipinski definition) is 0. The van der Waals surface area contributed by atoms with E-state index in [1.54, 1.807) is 12.1 Å². The first-order valence-corrected chi connectivity index (χ1v) is 6.36. The molecule has 0 aliphatic heterocycles. The topological polar surface area (TPSA) is 91.3 Å². The molecule has 0 fully saturated rings.